The lowest BCUT2D eigenvalue weighted by Gasteiger charge is -2.15. The third-order valence-electron chi connectivity index (χ3n) is 4.14. The minimum atomic E-state index is 0.550. The van der Waals surface area contributed by atoms with Gasteiger partial charge in [0.25, 0.3) is 0 Å². The van der Waals surface area contributed by atoms with Crippen LogP contribution in [-0.2, 0) is 5.75 Å². The Hall–Kier alpha value is -1.63. The lowest BCUT2D eigenvalue weighted by molar-refractivity contribution is 0.373. The van der Waals surface area contributed by atoms with E-state index in [1.807, 2.05) is 12.1 Å². The molecule has 0 radical (unpaired) electrons. The number of nitrogens with one attached hydrogen (secondary N) is 1. The van der Waals surface area contributed by atoms with Gasteiger partial charge in [-0.25, -0.2) is 4.98 Å². The maximum atomic E-state index is 4.70. The van der Waals surface area contributed by atoms with Gasteiger partial charge in [-0.05, 0) is 49.1 Å². The normalized spacial score (nSPS) is 12.2. The van der Waals surface area contributed by atoms with E-state index in [2.05, 4.69) is 81.3 Å². The molecule has 3 rings (SSSR count). The van der Waals surface area contributed by atoms with Gasteiger partial charge in [-0.1, -0.05) is 64.1 Å². The molecule has 3 nitrogen and oxygen atoms in total. The Morgan fingerprint density at radius 3 is 2.47 bits per heavy atom. The molecule has 2 heterocycles. The van der Waals surface area contributed by atoms with E-state index in [1.54, 1.807) is 34.4 Å². The van der Waals surface area contributed by atoms with Gasteiger partial charge in [-0.2, -0.15) is 0 Å². The second-order valence-corrected chi connectivity index (χ2v) is 11.1. The topological polar surface area (TPSA) is 37.3 Å². The molecular formula is C24H33N3S3. The molecule has 0 atom stereocenters. The van der Waals surface area contributed by atoms with E-state index in [0.29, 0.717) is 5.41 Å². The van der Waals surface area contributed by atoms with Gasteiger partial charge in [0.15, 0.2) is 0 Å². The Bertz CT molecular complexity index is 901. The second-order valence-electron chi connectivity index (χ2n) is 8.02. The van der Waals surface area contributed by atoms with E-state index in [1.165, 1.54) is 17.5 Å². The summed E-state index contributed by atoms with van der Waals surface area (Å²) < 4.78 is 1.23. The Labute approximate surface area is 193 Å². The molecule has 0 spiro atoms. The van der Waals surface area contributed by atoms with E-state index in [4.69, 9.17) is 4.98 Å². The van der Waals surface area contributed by atoms with Crippen LogP contribution in [0.1, 0.15) is 57.3 Å². The van der Waals surface area contributed by atoms with Crippen LogP contribution < -0.4 is 5.32 Å². The molecule has 1 aromatic carbocycles. The summed E-state index contributed by atoms with van der Waals surface area (Å²) in [7, 11) is 0. The number of fused-ring (bicyclic) bond motifs is 1. The monoisotopic (exact) mass is 459 g/mol. The number of thiazole rings is 1. The molecule has 6 heteroatoms. The molecule has 162 valence electrons. The molecule has 0 unspecified atom stereocenters. The van der Waals surface area contributed by atoms with Gasteiger partial charge in [0, 0.05) is 6.54 Å². The molecule has 0 amide bonds. The number of rotatable bonds is 8. The summed E-state index contributed by atoms with van der Waals surface area (Å²) in [6.45, 7) is 15.7. The Morgan fingerprint density at radius 2 is 1.93 bits per heavy atom. The molecule has 0 fully saturated rings. The van der Waals surface area contributed by atoms with Gasteiger partial charge >= 0.3 is 0 Å². The molecule has 30 heavy (non-hydrogen) atoms. The highest BCUT2D eigenvalue weighted by Crippen LogP contribution is 2.32. The third kappa shape index (κ3) is 7.89. The predicted octanol–water partition coefficient (Wildman–Crippen LogP) is 8.06. The summed E-state index contributed by atoms with van der Waals surface area (Å²) in [6.07, 6.45) is 2.65. The maximum absolute atomic E-state index is 4.70. The fourth-order valence-electron chi connectivity index (χ4n) is 2.90. The number of thiophene rings is 1. The summed E-state index contributed by atoms with van der Waals surface area (Å²) >= 11 is 5.16. The fourth-order valence-corrected chi connectivity index (χ4v) is 5.77. The molecule has 1 N–H and O–H groups in total. The van der Waals surface area contributed by atoms with E-state index in [9.17, 15) is 0 Å². The Balaban J connectivity index is 0.000000396. The molecule has 0 aliphatic heterocycles. The van der Waals surface area contributed by atoms with Crippen molar-refractivity contribution < 1.29 is 0 Å². The summed E-state index contributed by atoms with van der Waals surface area (Å²) in [5.41, 5.74) is 2.55. The number of benzene rings is 1. The highest BCUT2D eigenvalue weighted by atomic mass is 32.2. The van der Waals surface area contributed by atoms with Crippen molar-refractivity contribution in [3.63, 3.8) is 0 Å². The zero-order valence-electron chi connectivity index (χ0n) is 18.7. The first-order chi connectivity index (χ1) is 14.4. The van der Waals surface area contributed by atoms with Crippen molar-refractivity contribution in [3.8, 4) is 0 Å². The van der Waals surface area contributed by atoms with Crippen LogP contribution in [0.4, 0.5) is 0 Å². The van der Waals surface area contributed by atoms with Crippen molar-refractivity contribution in [2.45, 2.75) is 53.2 Å². The van der Waals surface area contributed by atoms with Crippen molar-refractivity contribution in [3.05, 3.63) is 56.7 Å². The molecule has 0 aliphatic rings. The van der Waals surface area contributed by atoms with Crippen LogP contribution in [0.15, 0.2) is 51.8 Å². The van der Waals surface area contributed by atoms with Crippen molar-refractivity contribution >= 4 is 57.1 Å². The van der Waals surface area contributed by atoms with Gasteiger partial charge in [-0.3, -0.25) is 4.99 Å². The van der Waals surface area contributed by atoms with Gasteiger partial charge in [-0.15, -0.1) is 22.7 Å². The second kappa shape index (κ2) is 12.3. The van der Waals surface area contributed by atoms with Crippen molar-refractivity contribution in [1.29, 1.82) is 0 Å². The number of thioether (sulfide) groups is 1. The van der Waals surface area contributed by atoms with Crippen LogP contribution in [0.2, 0.25) is 0 Å². The molecule has 0 bridgehead atoms. The standard InChI is InChI=1S/C17H17N3S3.C7H16/c1-3-19-17(16(18-2)14-9-6-10-21-14)22-11-15-20-12-7-4-5-8-13(12)23-15;1-5-6-7(2,3)4/h4-10,19H,2-3,11H2,1H3;5-6H2,1-4H3/b17-16-;. The van der Waals surface area contributed by atoms with Gasteiger partial charge in [0.05, 0.1) is 25.9 Å². The first-order valence-electron chi connectivity index (χ1n) is 10.3. The van der Waals surface area contributed by atoms with Crippen LogP contribution >= 0.6 is 34.4 Å². The van der Waals surface area contributed by atoms with Gasteiger partial charge in [0.2, 0.25) is 0 Å². The molecule has 0 saturated heterocycles. The van der Waals surface area contributed by atoms with E-state index >= 15 is 0 Å². The number of aliphatic imine (C=N–C) groups is 1. The number of aromatic nitrogens is 1. The molecule has 2 aromatic heterocycles. The molecule has 3 aromatic rings. The van der Waals surface area contributed by atoms with Crippen molar-refractivity contribution in [1.82, 2.24) is 10.3 Å². The average Bonchev–Trinajstić information content (AvgIpc) is 3.36. The zero-order valence-corrected chi connectivity index (χ0v) is 21.1. The average molecular weight is 460 g/mol. The SMILES string of the molecule is C=N/C(=C(/NCC)SCc1nc2ccccc2s1)c1cccs1.CCCC(C)(C)C. The fraction of sp³-hybridized carbons (Fsp3) is 0.417. The third-order valence-corrected chi connectivity index (χ3v) is 7.28. The molecular weight excluding hydrogens is 426 g/mol. The number of para-hydroxylation sites is 1. The Morgan fingerprint density at radius 1 is 1.17 bits per heavy atom. The van der Waals surface area contributed by atoms with Crippen LogP contribution in [0, 0.1) is 5.41 Å². The maximum Gasteiger partial charge on any atom is 0.109 e. The minimum absolute atomic E-state index is 0.550. The molecule has 0 aliphatic carbocycles. The zero-order chi connectivity index (χ0) is 22.0. The summed E-state index contributed by atoms with van der Waals surface area (Å²) in [5, 5.41) is 7.66. The van der Waals surface area contributed by atoms with E-state index in [-0.39, 0.29) is 0 Å². The minimum Gasteiger partial charge on any atom is -0.378 e. The first-order valence-corrected chi connectivity index (χ1v) is 13.0. The van der Waals surface area contributed by atoms with E-state index < -0.39 is 0 Å². The highest BCUT2D eigenvalue weighted by molar-refractivity contribution is 8.02. The van der Waals surface area contributed by atoms with Crippen LogP contribution in [-0.4, -0.2) is 18.2 Å². The summed E-state index contributed by atoms with van der Waals surface area (Å²) in [5.74, 6) is 0.825. The highest BCUT2D eigenvalue weighted by Gasteiger charge is 2.11. The smallest absolute Gasteiger partial charge is 0.109 e. The Kier molecular flexibility index (Phi) is 10.1. The first kappa shape index (κ1) is 24.6. The quantitative estimate of drug-likeness (QED) is 0.346. The van der Waals surface area contributed by atoms with Gasteiger partial charge in [0.1, 0.15) is 10.7 Å². The lowest BCUT2D eigenvalue weighted by Crippen LogP contribution is -2.11. The lowest BCUT2D eigenvalue weighted by atomic mass is 9.91. The van der Waals surface area contributed by atoms with E-state index in [0.717, 1.165) is 38.4 Å². The summed E-state index contributed by atoms with van der Waals surface area (Å²) in [4.78, 5) is 10.1. The van der Waals surface area contributed by atoms with Gasteiger partial charge < -0.3 is 5.32 Å². The van der Waals surface area contributed by atoms with Crippen molar-refractivity contribution in [2.24, 2.45) is 10.4 Å². The van der Waals surface area contributed by atoms with Crippen LogP contribution in [0.3, 0.4) is 0 Å². The van der Waals surface area contributed by atoms with Crippen LogP contribution in [0.5, 0.6) is 0 Å². The van der Waals surface area contributed by atoms with Crippen molar-refractivity contribution in [2.75, 3.05) is 6.54 Å². The van der Waals surface area contributed by atoms with Crippen LogP contribution in [0.25, 0.3) is 15.9 Å². The number of hydrogen-bond donors (Lipinski definition) is 1. The summed E-state index contributed by atoms with van der Waals surface area (Å²) in [6, 6.07) is 12.4. The number of nitrogens with zero attached hydrogens (tertiary/aromatic N) is 2. The largest absolute Gasteiger partial charge is 0.378 e. The predicted molar refractivity (Wildman–Crippen MR) is 140 cm³/mol. The number of hydrogen-bond acceptors (Lipinski definition) is 6. The molecule has 0 saturated carbocycles.